The number of halogens is 3. The summed E-state index contributed by atoms with van der Waals surface area (Å²) < 4.78 is 44.0. The van der Waals surface area contributed by atoms with Crippen molar-refractivity contribution in [2.24, 2.45) is 0 Å². The molecule has 0 radical (unpaired) electrons. The van der Waals surface area contributed by atoms with Gasteiger partial charge >= 0.3 is 6.18 Å². The van der Waals surface area contributed by atoms with E-state index in [0.29, 0.717) is 11.3 Å². The first-order valence-electron chi connectivity index (χ1n) is 9.10. The number of amides is 3. The lowest BCUT2D eigenvalue weighted by atomic mass is 10.0. The van der Waals surface area contributed by atoms with Gasteiger partial charge in [0.2, 0.25) is 0 Å². The minimum absolute atomic E-state index is 0.0295. The van der Waals surface area contributed by atoms with Crippen LogP contribution in [0.4, 0.5) is 13.2 Å². The molecule has 29 heavy (non-hydrogen) atoms. The van der Waals surface area contributed by atoms with Gasteiger partial charge in [0.1, 0.15) is 12.3 Å². The topological polar surface area (TPSA) is 70.8 Å². The van der Waals surface area contributed by atoms with Gasteiger partial charge in [0.15, 0.2) is 0 Å². The first-order chi connectivity index (χ1) is 13.7. The zero-order valence-corrected chi connectivity index (χ0v) is 15.7. The van der Waals surface area contributed by atoms with Crippen LogP contribution in [0.2, 0.25) is 0 Å². The van der Waals surface area contributed by atoms with Gasteiger partial charge in [0, 0.05) is 12.1 Å². The summed E-state index contributed by atoms with van der Waals surface area (Å²) in [7, 11) is 0. The van der Waals surface area contributed by atoms with Gasteiger partial charge in [0.05, 0.1) is 23.9 Å². The van der Waals surface area contributed by atoms with Gasteiger partial charge in [-0.25, -0.2) is 0 Å². The second-order valence-electron chi connectivity index (χ2n) is 6.73. The van der Waals surface area contributed by atoms with Crippen molar-refractivity contribution >= 4 is 17.7 Å². The second-order valence-corrected chi connectivity index (χ2v) is 6.73. The maximum Gasteiger partial charge on any atom is 0.406 e. The van der Waals surface area contributed by atoms with Crippen molar-refractivity contribution in [1.82, 2.24) is 9.80 Å². The average molecular weight is 408 g/mol. The fourth-order valence-electron chi connectivity index (χ4n) is 3.13. The molecule has 9 heteroatoms. The van der Waals surface area contributed by atoms with Crippen LogP contribution in [-0.2, 0) is 6.54 Å². The number of carbonyl (C=O) groups excluding carboxylic acids is 3. The van der Waals surface area contributed by atoms with Crippen LogP contribution in [0.15, 0.2) is 41.0 Å². The molecule has 1 aliphatic heterocycles. The van der Waals surface area contributed by atoms with Crippen molar-refractivity contribution in [3.8, 4) is 0 Å². The first kappa shape index (κ1) is 20.6. The van der Waals surface area contributed by atoms with E-state index in [-0.39, 0.29) is 35.5 Å². The summed E-state index contributed by atoms with van der Waals surface area (Å²) in [5.74, 6) is -1.71. The van der Waals surface area contributed by atoms with Gasteiger partial charge in [0.25, 0.3) is 17.7 Å². The molecule has 1 aliphatic rings. The van der Waals surface area contributed by atoms with E-state index in [1.165, 1.54) is 36.6 Å². The highest BCUT2D eigenvalue weighted by Crippen LogP contribution is 2.26. The van der Waals surface area contributed by atoms with E-state index in [4.69, 9.17) is 4.42 Å². The third-order valence-corrected chi connectivity index (χ3v) is 4.54. The van der Waals surface area contributed by atoms with Crippen molar-refractivity contribution in [2.45, 2.75) is 32.5 Å². The summed E-state index contributed by atoms with van der Waals surface area (Å²) in [6.45, 7) is 0.324. The molecule has 0 unspecified atom stereocenters. The highest BCUT2D eigenvalue weighted by Gasteiger charge is 2.37. The van der Waals surface area contributed by atoms with Gasteiger partial charge in [-0.2, -0.15) is 13.2 Å². The summed E-state index contributed by atoms with van der Waals surface area (Å²) >= 11 is 0. The number of benzene rings is 1. The molecule has 1 aromatic heterocycles. The molecule has 0 spiro atoms. The summed E-state index contributed by atoms with van der Waals surface area (Å²) in [4.78, 5) is 39.4. The summed E-state index contributed by atoms with van der Waals surface area (Å²) in [6, 6.07) is 6.74. The van der Waals surface area contributed by atoms with Gasteiger partial charge < -0.3 is 9.32 Å². The van der Waals surface area contributed by atoms with Crippen LogP contribution in [0.3, 0.4) is 0 Å². The van der Waals surface area contributed by atoms with Gasteiger partial charge in [-0.05, 0) is 36.8 Å². The Balaban J connectivity index is 1.87. The fourth-order valence-corrected chi connectivity index (χ4v) is 3.13. The third kappa shape index (κ3) is 4.49. The summed E-state index contributed by atoms with van der Waals surface area (Å²) in [6.07, 6.45) is -1.88. The van der Waals surface area contributed by atoms with E-state index in [9.17, 15) is 27.6 Å². The quantitative estimate of drug-likeness (QED) is 0.652. The van der Waals surface area contributed by atoms with E-state index in [0.717, 1.165) is 11.3 Å². The predicted octanol–water partition coefficient (Wildman–Crippen LogP) is 3.88. The van der Waals surface area contributed by atoms with Crippen LogP contribution in [0, 0.1) is 0 Å². The number of nitrogens with zero attached hydrogens (tertiary/aromatic N) is 2. The molecule has 0 bridgehead atoms. The Morgan fingerprint density at radius 1 is 1.14 bits per heavy atom. The van der Waals surface area contributed by atoms with Crippen molar-refractivity contribution in [2.75, 3.05) is 13.1 Å². The molecule has 0 aliphatic carbocycles. The summed E-state index contributed by atoms with van der Waals surface area (Å²) in [5.41, 5.74) is 0.0796. The molecular formula is C20H19F3N2O4. The number of alkyl halides is 3. The maximum atomic E-state index is 13.0. The Bertz CT molecular complexity index is 922. The predicted molar refractivity (Wildman–Crippen MR) is 96.2 cm³/mol. The summed E-state index contributed by atoms with van der Waals surface area (Å²) in [5, 5.41) is 0. The highest BCUT2D eigenvalue weighted by atomic mass is 19.4. The van der Waals surface area contributed by atoms with Crippen molar-refractivity contribution < 1.29 is 32.0 Å². The number of unbranched alkanes of at least 4 members (excludes halogenated alkanes) is 1. The maximum absolute atomic E-state index is 13.0. The number of furan rings is 1. The monoisotopic (exact) mass is 408 g/mol. The average Bonchev–Trinajstić information content (AvgIpc) is 3.25. The number of rotatable bonds is 7. The molecule has 0 saturated heterocycles. The number of hydrogen-bond donors (Lipinski definition) is 0. The van der Waals surface area contributed by atoms with E-state index in [1.807, 2.05) is 6.92 Å². The SMILES string of the molecule is CCCCN1C(=O)c2ccc(C(=O)N(Cc3ccco3)CC(F)(F)F)cc2C1=O. The Morgan fingerprint density at radius 3 is 2.48 bits per heavy atom. The van der Waals surface area contributed by atoms with Crippen LogP contribution >= 0.6 is 0 Å². The number of imide groups is 1. The lowest BCUT2D eigenvalue weighted by Crippen LogP contribution is -2.38. The molecule has 2 heterocycles. The lowest BCUT2D eigenvalue weighted by Gasteiger charge is -2.23. The molecule has 1 aromatic carbocycles. The van der Waals surface area contributed by atoms with Crippen molar-refractivity contribution in [3.63, 3.8) is 0 Å². The second kappa shape index (κ2) is 8.10. The molecule has 154 valence electrons. The molecular weight excluding hydrogens is 389 g/mol. The molecule has 0 fully saturated rings. The van der Waals surface area contributed by atoms with Crippen LogP contribution < -0.4 is 0 Å². The van der Waals surface area contributed by atoms with Crippen molar-refractivity contribution in [1.29, 1.82) is 0 Å². The Hall–Kier alpha value is -3.10. The minimum Gasteiger partial charge on any atom is -0.467 e. The molecule has 3 amide bonds. The third-order valence-electron chi connectivity index (χ3n) is 4.54. The van der Waals surface area contributed by atoms with Crippen LogP contribution in [0.5, 0.6) is 0 Å². The fraction of sp³-hybridized carbons (Fsp3) is 0.350. The molecule has 0 atom stereocenters. The molecule has 2 aromatic rings. The number of hydrogen-bond acceptors (Lipinski definition) is 4. The van der Waals surface area contributed by atoms with E-state index >= 15 is 0 Å². The number of carbonyl (C=O) groups is 3. The Morgan fingerprint density at radius 2 is 1.86 bits per heavy atom. The van der Waals surface area contributed by atoms with Crippen LogP contribution in [0.25, 0.3) is 0 Å². The molecule has 0 saturated carbocycles. The standard InChI is InChI=1S/C20H19F3N2O4/c1-2-3-8-25-18(27)15-7-6-13(10-16(15)19(25)28)17(26)24(12-20(21,22)23)11-14-5-4-9-29-14/h4-7,9-10H,2-3,8,11-12H2,1H3. The van der Waals surface area contributed by atoms with Gasteiger partial charge in [-0.1, -0.05) is 13.3 Å². The van der Waals surface area contributed by atoms with E-state index in [1.54, 1.807) is 0 Å². The normalized spacial score (nSPS) is 13.7. The zero-order valence-electron chi connectivity index (χ0n) is 15.7. The zero-order chi connectivity index (χ0) is 21.2. The Labute approximate surface area is 164 Å². The van der Waals surface area contributed by atoms with Gasteiger partial charge in [-0.3, -0.25) is 19.3 Å². The number of fused-ring (bicyclic) bond motifs is 1. The molecule has 0 N–H and O–H groups in total. The first-order valence-corrected chi connectivity index (χ1v) is 9.10. The van der Waals surface area contributed by atoms with E-state index < -0.39 is 30.4 Å². The molecule has 3 rings (SSSR count). The smallest absolute Gasteiger partial charge is 0.406 e. The van der Waals surface area contributed by atoms with Gasteiger partial charge in [-0.15, -0.1) is 0 Å². The minimum atomic E-state index is -4.61. The lowest BCUT2D eigenvalue weighted by molar-refractivity contribution is -0.142. The van der Waals surface area contributed by atoms with Crippen LogP contribution in [0.1, 0.15) is 56.6 Å². The molecule has 6 nitrogen and oxygen atoms in total. The van der Waals surface area contributed by atoms with Crippen molar-refractivity contribution in [3.05, 3.63) is 59.0 Å². The Kier molecular flexibility index (Phi) is 5.76. The van der Waals surface area contributed by atoms with Crippen LogP contribution in [-0.4, -0.2) is 46.8 Å². The largest absolute Gasteiger partial charge is 0.467 e. The highest BCUT2D eigenvalue weighted by molar-refractivity contribution is 6.22. The van der Waals surface area contributed by atoms with E-state index in [2.05, 4.69) is 0 Å².